The number of rotatable bonds is 1. The maximum Gasteiger partial charge on any atom is 0.352 e. The Labute approximate surface area is 92.2 Å². The first-order valence-corrected chi connectivity index (χ1v) is 9.04. The predicted molar refractivity (Wildman–Crippen MR) is 61.5 cm³/mol. The summed E-state index contributed by atoms with van der Waals surface area (Å²) < 4.78 is 0. The minimum absolute atomic E-state index is 0.0219. The highest BCUT2D eigenvalue weighted by Gasteiger charge is 2.38. The van der Waals surface area contributed by atoms with Crippen molar-refractivity contribution in [3.63, 3.8) is 0 Å². The van der Waals surface area contributed by atoms with Crippen LogP contribution in [0.2, 0.25) is 0 Å². The highest BCUT2D eigenvalue weighted by atomic mass is 35.8. The average Bonchev–Trinajstić information content (AvgIpc) is 2.45. The Morgan fingerprint density at radius 1 is 1.08 bits per heavy atom. The molecule has 0 nitrogen and oxygen atoms in total. The van der Waals surface area contributed by atoms with Crippen molar-refractivity contribution in [2.75, 3.05) is 0 Å². The highest BCUT2D eigenvalue weighted by molar-refractivity contribution is 7.65. The van der Waals surface area contributed by atoms with E-state index in [2.05, 4.69) is 0 Å². The van der Waals surface area contributed by atoms with Crippen LogP contribution in [0.3, 0.4) is 0 Å². The summed E-state index contributed by atoms with van der Waals surface area (Å²) in [4.78, 5) is 0. The van der Waals surface area contributed by atoms with Crippen molar-refractivity contribution >= 4 is 45.3 Å². The summed E-state index contributed by atoms with van der Waals surface area (Å²) in [5.41, 5.74) is 2.34. The quantitative estimate of drug-likeness (QED) is 0.521. The SMILES string of the molecule is Cl[Si](Cl)(Cl)C1C=Cc2ccccc21. The molecule has 0 amide bonds. The molecule has 0 saturated carbocycles. The number of allylic oxidation sites excluding steroid dienone is 1. The van der Waals surface area contributed by atoms with E-state index in [-0.39, 0.29) is 5.54 Å². The smallest absolute Gasteiger partial charge is 0.125 e. The van der Waals surface area contributed by atoms with Crippen LogP contribution in [0.5, 0.6) is 0 Å². The maximum absolute atomic E-state index is 5.99. The van der Waals surface area contributed by atoms with Crippen molar-refractivity contribution in [1.82, 2.24) is 0 Å². The maximum atomic E-state index is 5.99. The molecule has 0 bridgehead atoms. The van der Waals surface area contributed by atoms with Crippen molar-refractivity contribution in [1.29, 1.82) is 0 Å². The summed E-state index contributed by atoms with van der Waals surface area (Å²) >= 11 is 18.0. The average molecular weight is 250 g/mol. The first kappa shape index (κ1) is 9.60. The number of fused-ring (bicyclic) bond motifs is 1. The molecule has 13 heavy (non-hydrogen) atoms. The van der Waals surface area contributed by atoms with Gasteiger partial charge in [0.05, 0.1) is 0 Å². The summed E-state index contributed by atoms with van der Waals surface area (Å²) in [5, 5.41) is 0. The van der Waals surface area contributed by atoms with Crippen LogP contribution >= 0.6 is 33.2 Å². The highest BCUT2D eigenvalue weighted by Crippen LogP contribution is 2.42. The summed E-state index contributed by atoms with van der Waals surface area (Å²) in [6.45, 7) is 0. The summed E-state index contributed by atoms with van der Waals surface area (Å²) in [5.74, 6) is 0. The van der Waals surface area contributed by atoms with Gasteiger partial charge in [0.1, 0.15) is 0 Å². The van der Waals surface area contributed by atoms with Crippen LogP contribution in [-0.4, -0.2) is 6.00 Å². The molecule has 2 rings (SSSR count). The number of hydrogen-bond donors (Lipinski definition) is 0. The Bertz CT molecular complexity index is 354. The van der Waals surface area contributed by atoms with Crippen LogP contribution in [0.15, 0.2) is 30.3 Å². The topological polar surface area (TPSA) is 0 Å². The van der Waals surface area contributed by atoms with Gasteiger partial charge in [-0.2, -0.15) is 0 Å². The molecule has 1 unspecified atom stereocenters. The molecule has 0 aromatic heterocycles. The molecule has 0 aliphatic heterocycles. The monoisotopic (exact) mass is 248 g/mol. The molecule has 0 N–H and O–H groups in total. The Balaban J connectivity index is 2.45. The molecular weight excluding hydrogens is 243 g/mol. The first-order valence-electron chi connectivity index (χ1n) is 3.93. The molecule has 0 fully saturated rings. The normalized spacial score (nSPS) is 20.4. The third-order valence-corrected chi connectivity index (χ3v) is 5.48. The Hall–Kier alpha value is 0.0469. The van der Waals surface area contributed by atoms with Crippen LogP contribution in [-0.2, 0) is 0 Å². The Morgan fingerprint density at radius 2 is 1.77 bits per heavy atom. The van der Waals surface area contributed by atoms with Crippen LogP contribution in [0.4, 0.5) is 0 Å². The van der Waals surface area contributed by atoms with Crippen LogP contribution in [0, 0.1) is 0 Å². The third kappa shape index (κ3) is 1.79. The van der Waals surface area contributed by atoms with Crippen molar-refractivity contribution in [3.05, 3.63) is 41.5 Å². The van der Waals surface area contributed by atoms with Crippen LogP contribution < -0.4 is 0 Å². The van der Waals surface area contributed by atoms with Gasteiger partial charge in [-0.3, -0.25) is 0 Å². The van der Waals surface area contributed by atoms with E-state index >= 15 is 0 Å². The van der Waals surface area contributed by atoms with Crippen LogP contribution in [0.25, 0.3) is 6.08 Å². The Morgan fingerprint density at radius 3 is 2.46 bits per heavy atom. The molecule has 1 aliphatic carbocycles. The summed E-state index contributed by atoms with van der Waals surface area (Å²) in [6, 6.07) is 5.38. The number of hydrogen-bond acceptors (Lipinski definition) is 0. The van der Waals surface area contributed by atoms with Crippen LogP contribution in [0.1, 0.15) is 16.7 Å². The minimum Gasteiger partial charge on any atom is -0.125 e. The zero-order valence-electron chi connectivity index (χ0n) is 6.68. The van der Waals surface area contributed by atoms with E-state index < -0.39 is 6.00 Å². The zero-order valence-corrected chi connectivity index (χ0v) is 9.94. The first-order chi connectivity index (χ1) is 6.09. The lowest BCUT2D eigenvalue weighted by atomic mass is 10.1. The molecule has 0 spiro atoms. The summed E-state index contributed by atoms with van der Waals surface area (Å²) in [6.07, 6.45) is 4.01. The Kier molecular flexibility index (Phi) is 2.45. The van der Waals surface area contributed by atoms with Crippen molar-refractivity contribution < 1.29 is 0 Å². The van der Waals surface area contributed by atoms with Gasteiger partial charge < -0.3 is 0 Å². The van der Waals surface area contributed by atoms with E-state index in [0.29, 0.717) is 0 Å². The lowest BCUT2D eigenvalue weighted by Crippen LogP contribution is -2.20. The standard InChI is InChI=1S/C9H7Cl3Si/c10-13(11,12)9-6-5-7-3-1-2-4-8(7)9/h1-6,9H. The van der Waals surface area contributed by atoms with Gasteiger partial charge >= 0.3 is 6.00 Å². The fourth-order valence-corrected chi connectivity index (χ4v) is 4.18. The molecule has 4 heteroatoms. The van der Waals surface area contributed by atoms with Gasteiger partial charge in [0.15, 0.2) is 0 Å². The second-order valence-corrected chi connectivity index (χ2v) is 11.8. The van der Waals surface area contributed by atoms with Gasteiger partial charge in [0, 0.05) is 5.54 Å². The minimum atomic E-state index is -2.65. The number of benzene rings is 1. The van der Waals surface area contributed by atoms with E-state index in [1.807, 2.05) is 36.4 Å². The van der Waals surface area contributed by atoms with E-state index in [4.69, 9.17) is 33.2 Å². The van der Waals surface area contributed by atoms with Gasteiger partial charge in [-0.15, -0.1) is 33.2 Å². The molecule has 1 aromatic rings. The molecule has 1 aromatic carbocycles. The fraction of sp³-hybridized carbons (Fsp3) is 0.111. The number of halogens is 3. The van der Waals surface area contributed by atoms with Gasteiger partial charge in [-0.25, -0.2) is 0 Å². The second kappa shape index (κ2) is 3.32. The largest absolute Gasteiger partial charge is 0.352 e. The van der Waals surface area contributed by atoms with E-state index in [0.717, 1.165) is 5.56 Å². The molecule has 1 aliphatic rings. The van der Waals surface area contributed by atoms with E-state index in [9.17, 15) is 0 Å². The molecule has 0 radical (unpaired) electrons. The zero-order chi connectivity index (χ0) is 9.47. The van der Waals surface area contributed by atoms with Crippen molar-refractivity contribution in [2.45, 2.75) is 5.54 Å². The second-order valence-electron chi connectivity index (χ2n) is 3.01. The molecule has 0 saturated heterocycles. The van der Waals surface area contributed by atoms with Gasteiger partial charge in [0.25, 0.3) is 0 Å². The molecule has 0 heterocycles. The molecule has 1 atom stereocenters. The molecule has 68 valence electrons. The van der Waals surface area contributed by atoms with Crippen molar-refractivity contribution in [2.24, 2.45) is 0 Å². The van der Waals surface area contributed by atoms with E-state index in [1.54, 1.807) is 0 Å². The third-order valence-electron chi connectivity index (χ3n) is 2.15. The fourth-order valence-electron chi connectivity index (χ4n) is 1.53. The van der Waals surface area contributed by atoms with Gasteiger partial charge in [-0.1, -0.05) is 36.4 Å². The van der Waals surface area contributed by atoms with E-state index in [1.165, 1.54) is 5.56 Å². The predicted octanol–water partition coefficient (Wildman–Crippen LogP) is 3.99. The molecular formula is C9H7Cl3Si. The summed E-state index contributed by atoms with van der Waals surface area (Å²) in [7, 11) is 0. The van der Waals surface area contributed by atoms with Gasteiger partial charge in [-0.05, 0) is 11.1 Å². The lowest BCUT2D eigenvalue weighted by molar-refractivity contribution is 1.23. The van der Waals surface area contributed by atoms with Gasteiger partial charge in [0.2, 0.25) is 0 Å². The van der Waals surface area contributed by atoms with Crippen molar-refractivity contribution in [3.8, 4) is 0 Å². The lowest BCUT2D eigenvalue weighted by Gasteiger charge is -2.16.